The molecule has 0 aliphatic rings. The molecule has 2 rings (SSSR count). The largest absolute Gasteiger partial charge is 0.487 e. The summed E-state index contributed by atoms with van der Waals surface area (Å²) in [6.45, 7) is 7.46. The molecule has 0 saturated carbocycles. The molecule has 0 atom stereocenters. The standard InChI is InChI=1S/C17H21ClN2O/c1-12(2)19-9-15-6-7-16(10-20-15)21-11-14-5-4-13(3)8-17(14)18/h4-8,10,12,19H,9,11H2,1-3H3. The third-order valence-electron chi connectivity index (χ3n) is 3.09. The molecule has 2 aromatic rings. The van der Waals surface area contributed by atoms with Gasteiger partial charge in [-0.15, -0.1) is 0 Å². The number of ether oxygens (including phenoxy) is 1. The molecule has 1 heterocycles. The molecule has 1 aromatic carbocycles. The number of hydrogen-bond acceptors (Lipinski definition) is 3. The van der Waals surface area contributed by atoms with Crippen LogP contribution in [-0.4, -0.2) is 11.0 Å². The van der Waals surface area contributed by atoms with Crippen molar-refractivity contribution in [2.75, 3.05) is 0 Å². The van der Waals surface area contributed by atoms with Gasteiger partial charge < -0.3 is 10.1 Å². The van der Waals surface area contributed by atoms with Gasteiger partial charge in [-0.25, -0.2) is 0 Å². The average molecular weight is 305 g/mol. The Labute approximate surface area is 131 Å². The molecule has 0 amide bonds. The second kappa shape index (κ2) is 7.43. The van der Waals surface area contributed by atoms with Crippen molar-refractivity contribution in [3.63, 3.8) is 0 Å². The number of pyridine rings is 1. The molecule has 0 aliphatic heterocycles. The summed E-state index contributed by atoms with van der Waals surface area (Å²) in [5.41, 5.74) is 3.13. The number of aryl methyl sites for hydroxylation is 1. The van der Waals surface area contributed by atoms with E-state index in [-0.39, 0.29) is 0 Å². The minimum absolute atomic E-state index is 0.449. The van der Waals surface area contributed by atoms with Crippen molar-refractivity contribution in [2.24, 2.45) is 0 Å². The van der Waals surface area contributed by atoms with Gasteiger partial charge in [0, 0.05) is 23.2 Å². The number of halogens is 1. The quantitative estimate of drug-likeness (QED) is 0.871. The summed E-state index contributed by atoms with van der Waals surface area (Å²) in [5.74, 6) is 0.750. The summed E-state index contributed by atoms with van der Waals surface area (Å²) in [6.07, 6.45) is 1.75. The molecule has 112 valence electrons. The Bertz CT molecular complexity index is 582. The van der Waals surface area contributed by atoms with Gasteiger partial charge in [-0.1, -0.05) is 37.6 Å². The Morgan fingerprint density at radius 1 is 1.24 bits per heavy atom. The van der Waals surface area contributed by atoms with E-state index in [9.17, 15) is 0 Å². The highest BCUT2D eigenvalue weighted by Crippen LogP contribution is 2.20. The van der Waals surface area contributed by atoms with Crippen LogP contribution in [-0.2, 0) is 13.2 Å². The van der Waals surface area contributed by atoms with Gasteiger partial charge in [0.25, 0.3) is 0 Å². The molecule has 1 aromatic heterocycles. The van der Waals surface area contributed by atoms with Crippen molar-refractivity contribution >= 4 is 11.6 Å². The second-order valence-corrected chi connectivity index (χ2v) is 5.81. The van der Waals surface area contributed by atoms with Crippen LogP contribution < -0.4 is 10.1 Å². The third kappa shape index (κ3) is 5.03. The number of aromatic nitrogens is 1. The lowest BCUT2D eigenvalue weighted by Gasteiger charge is -2.10. The fourth-order valence-electron chi connectivity index (χ4n) is 1.84. The lowest BCUT2D eigenvalue weighted by Crippen LogP contribution is -2.22. The molecule has 1 N–H and O–H groups in total. The van der Waals surface area contributed by atoms with Gasteiger partial charge in [-0.05, 0) is 30.7 Å². The van der Waals surface area contributed by atoms with Gasteiger partial charge in [0.1, 0.15) is 12.4 Å². The Kier molecular flexibility index (Phi) is 5.59. The summed E-state index contributed by atoms with van der Waals surface area (Å²) in [7, 11) is 0. The van der Waals surface area contributed by atoms with Crippen LogP contribution in [0.2, 0.25) is 5.02 Å². The lowest BCUT2D eigenvalue weighted by molar-refractivity contribution is 0.305. The van der Waals surface area contributed by atoms with E-state index in [0.717, 1.165) is 34.1 Å². The van der Waals surface area contributed by atoms with Crippen molar-refractivity contribution in [3.05, 3.63) is 58.4 Å². The lowest BCUT2D eigenvalue weighted by atomic mass is 10.2. The van der Waals surface area contributed by atoms with E-state index in [2.05, 4.69) is 24.1 Å². The molecule has 0 spiro atoms. The number of benzene rings is 1. The fraction of sp³-hybridized carbons (Fsp3) is 0.353. The molecule has 0 bridgehead atoms. The highest BCUT2D eigenvalue weighted by Gasteiger charge is 2.03. The maximum atomic E-state index is 6.19. The van der Waals surface area contributed by atoms with Crippen LogP contribution in [0.25, 0.3) is 0 Å². The molecule has 0 radical (unpaired) electrons. The number of hydrogen-bond donors (Lipinski definition) is 1. The zero-order chi connectivity index (χ0) is 15.2. The summed E-state index contributed by atoms with van der Waals surface area (Å²) in [5, 5.41) is 4.07. The average Bonchev–Trinajstić information content (AvgIpc) is 2.45. The Hall–Kier alpha value is -1.58. The molecular formula is C17H21ClN2O. The van der Waals surface area contributed by atoms with Crippen LogP contribution in [0.4, 0.5) is 0 Å². The van der Waals surface area contributed by atoms with Crippen LogP contribution >= 0.6 is 11.6 Å². The van der Waals surface area contributed by atoms with E-state index in [1.54, 1.807) is 6.20 Å². The molecule has 0 fully saturated rings. The Morgan fingerprint density at radius 2 is 2.05 bits per heavy atom. The van der Waals surface area contributed by atoms with E-state index in [4.69, 9.17) is 16.3 Å². The molecular weight excluding hydrogens is 284 g/mol. The van der Waals surface area contributed by atoms with E-state index in [1.807, 2.05) is 37.3 Å². The summed E-state index contributed by atoms with van der Waals surface area (Å²) >= 11 is 6.19. The smallest absolute Gasteiger partial charge is 0.138 e. The normalized spacial score (nSPS) is 10.9. The minimum atomic E-state index is 0.449. The summed E-state index contributed by atoms with van der Waals surface area (Å²) in [4.78, 5) is 4.38. The van der Waals surface area contributed by atoms with Crippen LogP contribution in [0.5, 0.6) is 5.75 Å². The first-order chi connectivity index (χ1) is 10.0. The molecule has 21 heavy (non-hydrogen) atoms. The number of nitrogens with one attached hydrogen (secondary N) is 1. The first kappa shape index (κ1) is 15.8. The molecule has 4 heteroatoms. The number of nitrogens with zero attached hydrogens (tertiary/aromatic N) is 1. The van der Waals surface area contributed by atoms with Crippen LogP contribution in [0.3, 0.4) is 0 Å². The molecule has 3 nitrogen and oxygen atoms in total. The third-order valence-corrected chi connectivity index (χ3v) is 3.44. The second-order valence-electron chi connectivity index (χ2n) is 5.40. The number of rotatable bonds is 6. The minimum Gasteiger partial charge on any atom is -0.487 e. The van der Waals surface area contributed by atoms with Gasteiger partial charge in [-0.2, -0.15) is 0 Å². The van der Waals surface area contributed by atoms with Crippen molar-refractivity contribution in [3.8, 4) is 5.75 Å². The van der Waals surface area contributed by atoms with Gasteiger partial charge in [0.2, 0.25) is 0 Å². The summed E-state index contributed by atoms with van der Waals surface area (Å²) in [6, 6.07) is 10.3. The van der Waals surface area contributed by atoms with Gasteiger partial charge in [-0.3, -0.25) is 4.98 Å². The zero-order valence-electron chi connectivity index (χ0n) is 12.7. The summed E-state index contributed by atoms with van der Waals surface area (Å²) < 4.78 is 5.73. The van der Waals surface area contributed by atoms with Gasteiger partial charge in [0.05, 0.1) is 11.9 Å². The van der Waals surface area contributed by atoms with Crippen molar-refractivity contribution < 1.29 is 4.74 Å². The van der Waals surface area contributed by atoms with E-state index < -0.39 is 0 Å². The van der Waals surface area contributed by atoms with Crippen molar-refractivity contribution in [2.45, 2.75) is 40.0 Å². The van der Waals surface area contributed by atoms with Gasteiger partial charge >= 0.3 is 0 Å². The van der Waals surface area contributed by atoms with Crippen LogP contribution in [0.15, 0.2) is 36.5 Å². The first-order valence-corrected chi connectivity index (χ1v) is 7.48. The molecule has 0 unspecified atom stereocenters. The zero-order valence-corrected chi connectivity index (χ0v) is 13.4. The maximum Gasteiger partial charge on any atom is 0.138 e. The van der Waals surface area contributed by atoms with Crippen molar-refractivity contribution in [1.29, 1.82) is 0 Å². The van der Waals surface area contributed by atoms with Crippen molar-refractivity contribution in [1.82, 2.24) is 10.3 Å². The van der Waals surface area contributed by atoms with E-state index in [0.29, 0.717) is 12.6 Å². The highest BCUT2D eigenvalue weighted by molar-refractivity contribution is 6.31. The molecule has 0 saturated heterocycles. The Balaban J connectivity index is 1.91. The topological polar surface area (TPSA) is 34.1 Å². The molecule has 0 aliphatic carbocycles. The Morgan fingerprint density at radius 3 is 2.67 bits per heavy atom. The van der Waals surface area contributed by atoms with E-state index in [1.165, 1.54) is 0 Å². The highest BCUT2D eigenvalue weighted by atomic mass is 35.5. The predicted octanol–water partition coefficient (Wildman–Crippen LogP) is 4.12. The SMILES string of the molecule is Cc1ccc(COc2ccc(CNC(C)C)nc2)c(Cl)c1. The fourth-order valence-corrected chi connectivity index (χ4v) is 2.13. The van der Waals surface area contributed by atoms with Crippen LogP contribution in [0, 0.1) is 6.92 Å². The first-order valence-electron chi connectivity index (χ1n) is 7.11. The monoisotopic (exact) mass is 304 g/mol. The van der Waals surface area contributed by atoms with Gasteiger partial charge in [0.15, 0.2) is 0 Å². The predicted molar refractivity (Wildman–Crippen MR) is 86.7 cm³/mol. The van der Waals surface area contributed by atoms with Crippen LogP contribution in [0.1, 0.15) is 30.7 Å². The van der Waals surface area contributed by atoms with E-state index >= 15 is 0 Å². The maximum absolute atomic E-state index is 6.19.